The quantitative estimate of drug-likeness (QED) is 0.370. The van der Waals surface area contributed by atoms with Crippen LogP contribution in [0.15, 0.2) is 95.2 Å². The number of hydrogen-bond donors (Lipinski definition) is 3. The van der Waals surface area contributed by atoms with Gasteiger partial charge in [-0.3, -0.25) is 19.4 Å². The Bertz CT molecular complexity index is 1360. The Labute approximate surface area is 209 Å². The van der Waals surface area contributed by atoms with Crippen LogP contribution in [0.4, 0.5) is 17.1 Å². The van der Waals surface area contributed by atoms with E-state index in [1.165, 1.54) is 6.21 Å². The Hall–Kier alpha value is -4.52. The van der Waals surface area contributed by atoms with Crippen molar-refractivity contribution in [2.24, 2.45) is 10.4 Å². The van der Waals surface area contributed by atoms with Gasteiger partial charge < -0.3 is 15.7 Å². The van der Waals surface area contributed by atoms with Crippen molar-refractivity contribution in [3.8, 4) is 0 Å². The highest BCUT2D eigenvalue weighted by Crippen LogP contribution is 2.35. The molecule has 0 saturated carbocycles. The number of benzene rings is 3. The van der Waals surface area contributed by atoms with Crippen molar-refractivity contribution in [2.75, 3.05) is 10.6 Å². The lowest BCUT2D eigenvalue weighted by atomic mass is 9.77. The summed E-state index contributed by atoms with van der Waals surface area (Å²) < 4.78 is 0. The minimum absolute atomic E-state index is 0.0573. The second kappa shape index (κ2) is 10.4. The van der Waals surface area contributed by atoms with Gasteiger partial charge in [0.05, 0.1) is 22.5 Å². The Morgan fingerprint density at radius 2 is 1.53 bits per heavy atom. The normalized spacial score (nSPS) is 15.1. The number of hydrogen-bond acceptors (Lipinski definition) is 5. The van der Waals surface area contributed by atoms with Crippen molar-refractivity contribution in [3.05, 3.63) is 101 Å². The Morgan fingerprint density at radius 3 is 2.22 bits per heavy atom. The van der Waals surface area contributed by atoms with Crippen LogP contribution in [0.25, 0.3) is 0 Å². The van der Waals surface area contributed by atoms with Gasteiger partial charge in [-0.05, 0) is 53.9 Å². The SMILES string of the molecule is CC1(C)CC(=O)C(C=Nc2ccc(NC(=O)c3ccccc3NC(=O)c3ccccc3)cc2)=C(O)C1. The number of anilines is 2. The van der Waals surface area contributed by atoms with Gasteiger partial charge in [0.2, 0.25) is 0 Å². The minimum atomic E-state index is -0.374. The largest absolute Gasteiger partial charge is 0.511 e. The van der Waals surface area contributed by atoms with E-state index in [-0.39, 0.29) is 34.3 Å². The molecule has 36 heavy (non-hydrogen) atoms. The second-order valence-corrected chi connectivity index (χ2v) is 9.43. The molecule has 0 heterocycles. The second-order valence-electron chi connectivity index (χ2n) is 9.43. The van der Waals surface area contributed by atoms with Gasteiger partial charge in [-0.1, -0.05) is 44.2 Å². The summed E-state index contributed by atoms with van der Waals surface area (Å²) in [5.41, 5.74) is 2.31. The van der Waals surface area contributed by atoms with Crippen molar-refractivity contribution < 1.29 is 19.5 Å². The molecule has 0 aromatic heterocycles. The molecule has 182 valence electrons. The molecule has 0 bridgehead atoms. The summed E-state index contributed by atoms with van der Waals surface area (Å²) in [7, 11) is 0. The lowest BCUT2D eigenvalue weighted by molar-refractivity contribution is -0.117. The van der Waals surface area contributed by atoms with Crippen LogP contribution in [0.3, 0.4) is 0 Å². The highest BCUT2D eigenvalue weighted by atomic mass is 16.3. The molecule has 0 fully saturated rings. The van der Waals surface area contributed by atoms with Gasteiger partial charge in [-0.15, -0.1) is 0 Å². The number of ketones is 1. The third-order valence-corrected chi connectivity index (χ3v) is 5.82. The monoisotopic (exact) mass is 481 g/mol. The van der Waals surface area contributed by atoms with Crippen LogP contribution >= 0.6 is 0 Å². The number of aliphatic imine (C=N–C) groups is 1. The van der Waals surface area contributed by atoms with E-state index in [0.29, 0.717) is 41.0 Å². The zero-order chi connectivity index (χ0) is 25.7. The Kier molecular flexibility index (Phi) is 7.10. The number of para-hydroxylation sites is 1. The maximum Gasteiger partial charge on any atom is 0.257 e. The maximum absolute atomic E-state index is 12.9. The van der Waals surface area contributed by atoms with E-state index in [2.05, 4.69) is 15.6 Å². The summed E-state index contributed by atoms with van der Waals surface area (Å²) in [6.45, 7) is 3.88. The molecule has 1 aliphatic rings. The van der Waals surface area contributed by atoms with E-state index >= 15 is 0 Å². The minimum Gasteiger partial charge on any atom is -0.511 e. The summed E-state index contributed by atoms with van der Waals surface area (Å²) in [5, 5.41) is 15.9. The van der Waals surface area contributed by atoms with Gasteiger partial charge in [0, 0.05) is 30.3 Å². The number of amides is 2. The summed E-state index contributed by atoms with van der Waals surface area (Å²) in [4.78, 5) is 42.1. The van der Waals surface area contributed by atoms with Crippen LogP contribution < -0.4 is 10.6 Å². The van der Waals surface area contributed by atoms with Gasteiger partial charge >= 0.3 is 0 Å². The Morgan fingerprint density at radius 1 is 0.861 bits per heavy atom. The van der Waals surface area contributed by atoms with E-state index in [1.54, 1.807) is 72.8 Å². The van der Waals surface area contributed by atoms with Crippen LogP contribution in [-0.2, 0) is 4.79 Å². The first-order chi connectivity index (χ1) is 17.2. The molecule has 4 rings (SSSR count). The predicted octanol–water partition coefficient (Wildman–Crippen LogP) is 6.09. The number of rotatable bonds is 6. The number of carbonyl (C=O) groups is 3. The van der Waals surface area contributed by atoms with Crippen LogP contribution in [0, 0.1) is 5.41 Å². The highest BCUT2D eigenvalue weighted by molar-refractivity contribution is 6.15. The zero-order valence-corrected chi connectivity index (χ0v) is 20.1. The fraction of sp³-hybridized carbons (Fsp3) is 0.172. The van der Waals surface area contributed by atoms with E-state index in [0.717, 1.165) is 0 Å². The smallest absolute Gasteiger partial charge is 0.257 e. The highest BCUT2D eigenvalue weighted by Gasteiger charge is 2.32. The molecule has 3 N–H and O–H groups in total. The number of nitrogens with one attached hydrogen (secondary N) is 2. The van der Waals surface area contributed by atoms with Crippen molar-refractivity contribution in [3.63, 3.8) is 0 Å². The van der Waals surface area contributed by atoms with Gasteiger partial charge in [0.25, 0.3) is 11.8 Å². The predicted molar refractivity (Wildman–Crippen MR) is 141 cm³/mol. The molecule has 7 nitrogen and oxygen atoms in total. The number of Topliss-reactive ketones (excluding diaryl/α,β-unsaturated/α-hetero) is 1. The molecule has 0 spiro atoms. The molecule has 1 aliphatic carbocycles. The first-order valence-corrected chi connectivity index (χ1v) is 11.6. The Balaban J connectivity index is 1.43. The maximum atomic E-state index is 12.9. The van der Waals surface area contributed by atoms with Crippen LogP contribution in [0.2, 0.25) is 0 Å². The van der Waals surface area contributed by atoms with Gasteiger partial charge in [-0.2, -0.15) is 0 Å². The molecule has 0 aliphatic heterocycles. The lowest BCUT2D eigenvalue weighted by Gasteiger charge is -2.28. The summed E-state index contributed by atoms with van der Waals surface area (Å²) in [5.74, 6) is -0.753. The van der Waals surface area contributed by atoms with Crippen molar-refractivity contribution in [1.82, 2.24) is 0 Å². The van der Waals surface area contributed by atoms with Crippen LogP contribution in [0.1, 0.15) is 47.4 Å². The average molecular weight is 482 g/mol. The fourth-order valence-corrected chi connectivity index (χ4v) is 3.99. The molecule has 3 aromatic rings. The third-order valence-electron chi connectivity index (χ3n) is 5.82. The molecule has 0 unspecified atom stereocenters. The zero-order valence-electron chi connectivity index (χ0n) is 20.1. The number of carbonyl (C=O) groups excluding carboxylic acids is 3. The molecular weight excluding hydrogens is 454 g/mol. The number of allylic oxidation sites excluding steroid dienone is 2. The summed E-state index contributed by atoms with van der Waals surface area (Å²) in [6.07, 6.45) is 2.18. The van der Waals surface area contributed by atoms with Crippen molar-refractivity contribution in [2.45, 2.75) is 26.7 Å². The average Bonchev–Trinajstić information content (AvgIpc) is 2.84. The van der Waals surface area contributed by atoms with Crippen molar-refractivity contribution in [1.29, 1.82) is 0 Å². The first-order valence-electron chi connectivity index (χ1n) is 11.6. The van der Waals surface area contributed by atoms with E-state index in [9.17, 15) is 19.5 Å². The van der Waals surface area contributed by atoms with Gasteiger partial charge in [-0.25, -0.2) is 0 Å². The van der Waals surface area contributed by atoms with E-state index in [1.807, 2.05) is 19.9 Å². The molecule has 2 amide bonds. The molecule has 7 heteroatoms. The number of aliphatic hydroxyl groups excluding tert-OH is 1. The lowest BCUT2D eigenvalue weighted by Crippen LogP contribution is -2.26. The summed E-state index contributed by atoms with van der Waals surface area (Å²) in [6, 6.07) is 22.3. The standard InChI is InChI=1S/C29H27N3O4/c1-29(2)16-25(33)23(26(34)17-29)18-30-20-12-14-21(15-13-20)31-28(36)22-10-6-7-11-24(22)32-27(35)19-8-4-3-5-9-19/h3-15,18,33H,16-17H2,1-2H3,(H,31,36)(H,32,35). The molecular formula is C29H27N3O4. The molecule has 3 aromatic carbocycles. The van der Waals surface area contributed by atoms with Crippen molar-refractivity contribution >= 4 is 40.9 Å². The topological polar surface area (TPSA) is 108 Å². The summed E-state index contributed by atoms with van der Waals surface area (Å²) >= 11 is 0. The van der Waals surface area contributed by atoms with Crippen LogP contribution in [0.5, 0.6) is 0 Å². The first kappa shape index (κ1) is 24.6. The van der Waals surface area contributed by atoms with E-state index < -0.39 is 0 Å². The van der Waals surface area contributed by atoms with Crippen LogP contribution in [-0.4, -0.2) is 28.9 Å². The fourth-order valence-electron chi connectivity index (χ4n) is 3.99. The molecule has 0 saturated heterocycles. The molecule has 0 atom stereocenters. The van der Waals surface area contributed by atoms with Gasteiger partial charge in [0.1, 0.15) is 5.76 Å². The third kappa shape index (κ3) is 5.93. The van der Waals surface area contributed by atoms with E-state index in [4.69, 9.17) is 0 Å². The van der Waals surface area contributed by atoms with Gasteiger partial charge in [0.15, 0.2) is 5.78 Å². The number of aliphatic hydroxyl groups is 1. The number of nitrogens with zero attached hydrogens (tertiary/aromatic N) is 1. The molecule has 0 radical (unpaired) electrons.